The Morgan fingerprint density at radius 2 is 2.00 bits per heavy atom. The van der Waals surface area contributed by atoms with Crippen molar-refractivity contribution in [2.75, 3.05) is 11.9 Å². The van der Waals surface area contributed by atoms with E-state index < -0.39 is 0 Å². The van der Waals surface area contributed by atoms with Crippen LogP contribution in [-0.2, 0) is 4.74 Å². The van der Waals surface area contributed by atoms with Gasteiger partial charge >= 0.3 is 5.97 Å². The molecule has 136 valence electrons. The summed E-state index contributed by atoms with van der Waals surface area (Å²) in [7, 11) is 0. The van der Waals surface area contributed by atoms with Crippen molar-refractivity contribution in [1.29, 1.82) is 0 Å². The molecule has 2 aromatic heterocycles. The lowest BCUT2D eigenvalue weighted by Gasteiger charge is -2.46. The molecular weight excluding hydrogens is 336 g/mol. The minimum absolute atomic E-state index is 0.0319. The molecule has 0 radical (unpaired) electrons. The third kappa shape index (κ3) is 3.93. The number of thiophene rings is 1. The zero-order valence-electron chi connectivity index (χ0n) is 15.5. The van der Waals surface area contributed by atoms with E-state index in [1.807, 2.05) is 0 Å². The molecule has 0 saturated carbocycles. The van der Waals surface area contributed by atoms with E-state index in [9.17, 15) is 4.79 Å². The van der Waals surface area contributed by atoms with Crippen LogP contribution in [-0.4, -0.2) is 39.7 Å². The van der Waals surface area contributed by atoms with Gasteiger partial charge in [-0.05, 0) is 47.5 Å². The smallest absolute Gasteiger partial charge is 0.339 e. The summed E-state index contributed by atoms with van der Waals surface area (Å²) in [6.45, 7) is 11.0. The molecule has 0 amide bonds. The van der Waals surface area contributed by atoms with Crippen LogP contribution in [0.2, 0.25) is 0 Å². The van der Waals surface area contributed by atoms with Crippen molar-refractivity contribution in [2.24, 2.45) is 0 Å². The molecule has 3 rings (SSSR count). The van der Waals surface area contributed by atoms with Gasteiger partial charge in [0.2, 0.25) is 0 Å². The first-order chi connectivity index (χ1) is 11.7. The normalized spacial score (nSPS) is 19.7. The van der Waals surface area contributed by atoms with Crippen LogP contribution in [0.4, 0.5) is 5.82 Å². The zero-order chi connectivity index (χ0) is 18.2. The number of nitrogens with one attached hydrogen (secondary N) is 2. The molecule has 3 heterocycles. The van der Waals surface area contributed by atoms with Crippen molar-refractivity contribution in [3.63, 3.8) is 0 Å². The van der Waals surface area contributed by atoms with Gasteiger partial charge in [-0.1, -0.05) is 0 Å². The number of fused-ring (bicyclic) bond motifs is 1. The van der Waals surface area contributed by atoms with Gasteiger partial charge in [0.05, 0.1) is 17.6 Å². The number of aromatic nitrogens is 2. The Bertz CT molecular complexity index is 768. The SMILES string of the molecule is CCOC(=O)c1csc2ncnc(NC3CC(C)(C)NC(C)(C)C3)c12. The highest BCUT2D eigenvalue weighted by atomic mass is 32.1. The number of hydrogen-bond donors (Lipinski definition) is 2. The number of rotatable bonds is 4. The standard InChI is InChI=1S/C18H26N4O2S/c1-6-24-16(23)12-9-25-15-13(12)14(19-10-20-15)21-11-7-17(2,3)22-18(4,5)8-11/h9-11,22H,6-8H2,1-5H3,(H,19,20,21). The van der Waals surface area contributed by atoms with Gasteiger partial charge in [0.25, 0.3) is 0 Å². The molecule has 0 aromatic carbocycles. The second-order valence-electron chi connectivity index (χ2n) is 7.91. The highest BCUT2D eigenvalue weighted by Gasteiger charge is 2.38. The summed E-state index contributed by atoms with van der Waals surface area (Å²) in [6, 6.07) is 0.263. The van der Waals surface area contributed by atoms with Gasteiger partial charge in [-0.3, -0.25) is 0 Å². The molecule has 0 bridgehead atoms. The van der Waals surface area contributed by atoms with E-state index in [1.54, 1.807) is 18.6 Å². The molecule has 0 spiro atoms. The maximum Gasteiger partial charge on any atom is 0.339 e. The first-order valence-corrected chi connectivity index (χ1v) is 9.54. The molecule has 1 saturated heterocycles. The molecule has 2 N–H and O–H groups in total. The number of anilines is 1. The number of esters is 1. The van der Waals surface area contributed by atoms with Gasteiger partial charge in [-0.25, -0.2) is 14.8 Å². The van der Waals surface area contributed by atoms with Gasteiger partial charge in [0.15, 0.2) is 0 Å². The monoisotopic (exact) mass is 362 g/mol. The molecule has 1 fully saturated rings. The Balaban J connectivity index is 1.93. The van der Waals surface area contributed by atoms with Crippen LogP contribution in [0.3, 0.4) is 0 Å². The maximum atomic E-state index is 12.3. The fourth-order valence-corrected chi connectivity index (χ4v) is 4.84. The molecule has 1 aliphatic heterocycles. The minimum Gasteiger partial charge on any atom is -0.462 e. The first kappa shape index (κ1) is 18.1. The molecule has 2 aromatic rings. The van der Waals surface area contributed by atoms with Crippen molar-refractivity contribution >= 4 is 33.3 Å². The summed E-state index contributed by atoms with van der Waals surface area (Å²) in [6.07, 6.45) is 3.50. The lowest BCUT2D eigenvalue weighted by Crippen LogP contribution is -2.60. The van der Waals surface area contributed by atoms with Crippen LogP contribution in [0.15, 0.2) is 11.7 Å². The van der Waals surface area contributed by atoms with Crippen molar-refractivity contribution in [3.8, 4) is 0 Å². The van der Waals surface area contributed by atoms with Gasteiger partial charge < -0.3 is 15.4 Å². The number of carbonyl (C=O) groups is 1. The fourth-order valence-electron chi connectivity index (χ4n) is 3.96. The van der Waals surface area contributed by atoms with E-state index in [0.717, 1.165) is 23.1 Å². The summed E-state index contributed by atoms with van der Waals surface area (Å²) in [4.78, 5) is 21.8. The predicted octanol–water partition coefficient (Wildman–Crippen LogP) is 3.59. The second kappa shape index (κ2) is 6.53. The Labute approximate surface area is 152 Å². The third-order valence-corrected chi connectivity index (χ3v) is 5.28. The lowest BCUT2D eigenvalue weighted by atomic mass is 9.79. The van der Waals surface area contributed by atoms with E-state index in [0.29, 0.717) is 18.0 Å². The predicted molar refractivity (Wildman–Crippen MR) is 101 cm³/mol. The average molecular weight is 362 g/mol. The van der Waals surface area contributed by atoms with Crippen molar-refractivity contribution in [1.82, 2.24) is 15.3 Å². The van der Waals surface area contributed by atoms with Crippen LogP contribution in [0.1, 0.15) is 57.8 Å². The largest absolute Gasteiger partial charge is 0.462 e. The average Bonchev–Trinajstić information content (AvgIpc) is 2.89. The summed E-state index contributed by atoms with van der Waals surface area (Å²) in [5, 5.41) is 9.82. The number of hydrogen-bond acceptors (Lipinski definition) is 7. The lowest BCUT2D eigenvalue weighted by molar-refractivity contribution is 0.0529. The third-order valence-electron chi connectivity index (χ3n) is 4.40. The summed E-state index contributed by atoms with van der Waals surface area (Å²) >= 11 is 1.44. The summed E-state index contributed by atoms with van der Waals surface area (Å²) in [5.74, 6) is 0.394. The molecule has 25 heavy (non-hydrogen) atoms. The number of nitrogens with zero attached hydrogens (tertiary/aromatic N) is 2. The zero-order valence-corrected chi connectivity index (χ0v) is 16.3. The van der Waals surface area contributed by atoms with Gasteiger partial charge in [0.1, 0.15) is 17.0 Å². The van der Waals surface area contributed by atoms with Crippen molar-refractivity contribution in [2.45, 2.75) is 64.6 Å². The van der Waals surface area contributed by atoms with E-state index in [2.05, 4.69) is 48.3 Å². The highest BCUT2D eigenvalue weighted by molar-refractivity contribution is 7.17. The Hall–Kier alpha value is -1.73. The second-order valence-corrected chi connectivity index (χ2v) is 8.77. The molecule has 7 heteroatoms. The fraction of sp³-hybridized carbons (Fsp3) is 0.611. The van der Waals surface area contributed by atoms with Crippen molar-refractivity contribution in [3.05, 3.63) is 17.3 Å². The van der Waals surface area contributed by atoms with E-state index in [-0.39, 0.29) is 23.1 Å². The van der Waals surface area contributed by atoms with Crippen LogP contribution in [0.25, 0.3) is 10.2 Å². The Morgan fingerprint density at radius 3 is 2.64 bits per heavy atom. The number of piperidine rings is 1. The van der Waals surface area contributed by atoms with Crippen LogP contribution >= 0.6 is 11.3 Å². The first-order valence-electron chi connectivity index (χ1n) is 8.66. The quantitative estimate of drug-likeness (QED) is 0.810. The molecule has 1 aliphatic rings. The molecule has 0 atom stereocenters. The molecular formula is C18H26N4O2S. The van der Waals surface area contributed by atoms with Crippen LogP contribution in [0.5, 0.6) is 0 Å². The van der Waals surface area contributed by atoms with Gasteiger partial charge in [-0.2, -0.15) is 0 Å². The molecule has 0 unspecified atom stereocenters. The minimum atomic E-state index is -0.322. The molecule has 0 aliphatic carbocycles. The van der Waals surface area contributed by atoms with Crippen molar-refractivity contribution < 1.29 is 9.53 Å². The highest BCUT2D eigenvalue weighted by Crippen LogP contribution is 2.34. The summed E-state index contributed by atoms with van der Waals surface area (Å²) < 4.78 is 5.18. The van der Waals surface area contributed by atoms with Gasteiger partial charge in [0, 0.05) is 22.5 Å². The maximum absolute atomic E-state index is 12.3. The summed E-state index contributed by atoms with van der Waals surface area (Å²) in [5.41, 5.74) is 0.603. The van der Waals surface area contributed by atoms with E-state index in [4.69, 9.17) is 4.74 Å². The topological polar surface area (TPSA) is 76.1 Å². The Kier molecular flexibility index (Phi) is 4.72. The van der Waals surface area contributed by atoms with Gasteiger partial charge in [-0.15, -0.1) is 11.3 Å². The van der Waals surface area contributed by atoms with E-state index >= 15 is 0 Å². The van der Waals surface area contributed by atoms with E-state index in [1.165, 1.54) is 11.3 Å². The van der Waals surface area contributed by atoms with Crippen LogP contribution in [0, 0.1) is 0 Å². The number of carbonyl (C=O) groups excluding carboxylic acids is 1. The molecule has 6 nitrogen and oxygen atoms in total. The van der Waals surface area contributed by atoms with Crippen LogP contribution < -0.4 is 10.6 Å². The number of ether oxygens (including phenoxy) is 1. The Morgan fingerprint density at radius 1 is 1.32 bits per heavy atom.